The van der Waals surface area contributed by atoms with Gasteiger partial charge in [0, 0.05) is 12.1 Å². The van der Waals surface area contributed by atoms with E-state index in [1.807, 2.05) is 66.4 Å². The van der Waals surface area contributed by atoms with E-state index in [0.29, 0.717) is 11.7 Å². The molecule has 2 aromatic carbocycles. The van der Waals surface area contributed by atoms with E-state index < -0.39 is 0 Å². The second-order valence-electron chi connectivity index (χ2n) is 7.39. The quantitative estimate of drug-likeness (QED) is 0.636. The predicted molar refractivity (Wildman–Crippen MR) is 108 cm³/mol. The lowest BCUT2D eigenvalue weighted by molar-refractivity contribution is -0.134. The first-order chi connectivity index (χ1) is 13.7. The molecule has 1 amide bonds. The van der Waals surface area contributed by atoms with E-state index in [1.54, 1.807) is 0 Å². The number of nitrogens with zero attached hydrogens (tertiary/aromatic N) is 3. The van der Waals surface area contributed by atoms with Crippen molar-refractivity contribution in [2.75, 3.05) is 6.54 Å². The average molecular weight is 375 g/mol. The zero-order chi connectivity index (χ0) is 19.5. The second-order valence-corrected chi connectivity index (χ2v) is 7.39. The number of likely N-dealkylation sites (tertiary alicyclic amines) is 1. The molecule has 2 heterocycles. The van der Waals surface area contributed by atoms with Crippen molar-refractivity contribution >= 4 is 5.91 Å². The first-order valence-corrected chi connectivity index (χ1v) is 9.93. The minimum atomic E-state index is -0.142. The summed E-state index contributed by atoms with van der Waals surface area (Å²) >= 11 is 0. The van der Waals surface area contributed by atoms with Gasteiger partial charge in [-0.15, -0.1) is 0 Å². The summed E-state index contributed by atoms with van der Waals surface area (Å²) in [5, 5.41) is 4.17. The van der Waals surface area contributed by atoms with Crippen LogP contribution in [0.15, 0.2) is 59.1 Å². The van der Waals surface area contributed by atoms with Crippen molar-refractivity contribution in [2.45, 2.75) is 45.1 Å². The minimum absolute atomic E-state index is 0.138. The molecule has 0 spiro atoms. The Morgan fingerprint density at radius 2 is 2.04 bits per heavy atom. The van der Waals surface area contributed by atoms with Crippen molar-refractivity contribution in [3.8, 4) is 11.4 Å². The smallest absolute Gasteiger partial charge is 0.249 e. The zero-order valence-corrected chi connectivity index (χ0v) is 16.3. The van der Waals surface area contributed by atoms with Gasteiger partial charge in [0.2, 0.25) is 17.6 Å². The largest absolute Gasteiger partial charge is 0.337 e. The zero-order valence-electron chi connectivity index (χ0n) is 16.3. The van der Waals surface area contributed by atoms with Crippen LogP contribution in [0.25, 0.3) is 11.4 Å². The van der Waals surface area contributed by atoms with E-state index in [9.17, 15) is 4.79 Å². The highest BCUT2D eigenvalue weighted by Gasteiger charge is 2.37. The van der Waals surface area contributed by atoms with Crippen molar-refractivity contribution in [1.82, 2.24) is 15.0 Å². The summed E-state index contributed by atoms with van der Waals surface area (Å²) in [6, 6.07) is 17.9. The summed E-state index contributed by atoms with van der Waals surface area (Å²) in [4.78, 5) is 19.9. The molecule has 5 heteroatoms. The Labute approximate surface area is 165 Å². The Morgan fingerprint density at radius 3 is 2.79 bits per heavy atom. The molecule has 144 valence electrons. The normalized spacial score (nSPS) is 17.6. The number of carbonyl (C=O) groups excluding carboxylic acids is 1. The van der Waals surface area contributed by atoms with Gasteiger partial charge in [-0.1, -0.05) is 66.2 Å². The second kappa shape index (κ2) is 7.97. The number of aryl methyl sites for hydroxylation is 1. The van der Waals surface area contributed by atoms with Gasteiger partial charge >= 0.3 is 0 Å². The lowest BCUT2D eigenvalue weighted by Gasteiger charge is -2.26. The highest BCUT2D eigenvalue weighted by molar-refractivity contribution is 5.84. The van der Waals surface area contributed by atoms with Crippen LogP contribution in [-0.4, -0.2) is 27.5 Å². The van der Waals surface area contributed by atoms with Gasteiger partial charge < -0.3 is 9.42 Å². The van der Waals surface area contributed by atoms with Gasteiger partial charge in [0.1, 0.15) is 6.04 Å². The molecule has 0 saturated carbocycles. The summed E-state index contributed by atoms with van der Waals surface area (Å²) in [5.74, 6) is 1.12. The molecule has 1 aliphatic rings. The Hall–Kier alpha value is -2.95. The van der Waals surface area contributed by atoms with Crippen LogP contribution in [0.1, 0.15) is 55.2 Å². The molecule has 3 aromatic rings. The molecule has 0 bridgehead atoms. The first-order valence-electron chi connectivity index (χ1n) is 9.93. The van der Waals surface area contributed by atoms with Crippen LogP contribution in [0.5, 0.6) is 0 Å². The molecule has 1 saturated heterocycles. The summed E-state index contributed by atoms with van der Waals surface area (Å²) in [7, 11) is 0. The SMILES string of the molecule is CC[C@@H](C(=O)N1CCC[C@H]1c1nc(-c2cccc(C)c2)no1)c1ccccc1. The van der Waals surface area contributed by atoms with Crippen molar-refractivity contribution in [1.29, 1.82) is 0 Å². The lowest BCUT2D eigenvalue weighted by atomic mass is 9.94. The van der Waals surface area contributed by atoms with Crippen molar-refractivity contribution in [3.05, 3.63) is 71.6 Å². The number of hydrogen-bond acceptors (Lipinski definition) is 4. The molecule has 28 heavy (non-hydrogen) atoms. The molecule has 1 aromatic heterocycles. The van der Waals surface area contributed by atoms with Gasteiger partial charge in [0.05, 0.1) is 5.92 Å². The van der Waals surface area contributed by atoms with Crippen LogP contribution >= 0.6 is 0 Å². The number of amides is 1. The third-order valence-electron chi connectivity index (χ3n) is 5.45. The van der Waals surface area contributed by atoms with Gasteiger partial charge in [0.25, 0.3) is 0 Å². The molecule has 4 rings (SSSR count). The third-order valence-corrected chi connectivity index (χ3v) is 5.45. The topological polar surface area (TPSA) is 59.2 Å². The number of aromatic nitrogens is 2. The van der Waals surface area contributed by atoms with E-state index >= 15 is 0 Å². The van der Waals surface area contributed by atoms with E-state index in [4.69, 9.17) is 4.52 Å². The molecule has 1 fully saturated rings. The third kappa shape index (κ3) is 3.57. The maximum atomic E-state index is 13.3. The van der Waals surface area contributed by atoms with Crippen LogP contribution in [0.4, 0.5) is 0 Å². The van der Waals surface area contributed by atoms with Gasteiger partial charge in [0.15, 0.2) is 0 Å². The van der Waals surface area contributed by atoms with E-state index in [1.165, 1.54) is 0 Å². The molecular weight excluding hydrogens is 350 g/mol. The molecule has 0 unspecified atom stereocenters. The first kappa shape index (κ1) is 18.4. The number of rotatable bonds is 5. The van der Waals surface area contributed by atoms with Crippen molar-refractivity contribution < 1.29 is 9.32 Å². The van der Waals surface area contributed by atoms with Gasteiger partial charge in [-0.05, 0) is 37.8 Å². The maximum absolute atomic E-state index is 13.3. The van der Waals surface area contributed by atoms with E-state index in [2.05, 4.69) is 17.1 Å². The maximum Gasteiger partial charge on any atom is 0.249 e. The van der Waals surface area contributed by atoms with E-state index in [0.717, 1.165) is 42.5 Å². The summed E-state index contributed by atoms with van der Waals surface area (Å²) in [5.41, 5.74) is 3.14. The molecule has 2 atom stereocenters. The van der Waals surface area contributed by atoms with E-state index in [-0.39, 0.29) is 17.9 Å². The molecule has 0 radical (unpaired) electrons. The highest BCUT2D eigenvalue weighted by atomic mass is 16.5. The lowest BCUT2D eigenvalue weighted by Crippen LogP contribution is -2.34. The van der Waals surface area contributed by atoms with Gasteiger partial charge in [-0.25, -0.2) is 0 Å². The monoisotopic (exact) mass is 375 g/mol. The summed E-state index contributed by atoms with van der Waals surface area (Å²) in [6.45, 7) is 4.83. The fourth-order valence-corrected chi connectivity index (χ4v) is 4.00. The summed E-state index contributed by atoms with van der Waals surface area (Å²) < 4.78 is 5.59. The molecule has 0 aliphatic carbocycles. The van der Waals surface area contributed by atoms with Crippen molar-refractivity contribution in [2.24, 2.45) is 0 Å². The minimum Gasteiger partial charge on any atom is -0.337 e. The Kier molecular flexibility index (Phi) is 5.24. The Bertz CT molecular complexity index is 951. The van der Waals surface area contributed by atoms with Gasteiger partial charge in [-0.2, -0.15) is 4.98 Å². The predicted octanol–water partition coefficient (Wildman–Crippen LogP) is 4.90. The van der Waals surface area contributed by atoms with Crippen LogP contribution < -0.4 is 0 Å². The number of hydrogen-bond donors (Lipinski definition) is 0. The molecule has 0 N–H and O–H groups in total. The fraction of sp³-hybridized carbons (Fsp3) is 0.348. The molecule has 5 nitrogen and oxygen atoms in total. The average Bonchev–Trinajstić information content (AvgIpc) is 3.39. The fourth-order valence-electron chi connectivity index (χ4n) is 4.00. The van der Waals surface area contributed by atoms with Crippen LogP contribution in [-0.2, 0) is 4.79 Å². The Balaban J connectivity index is 1.58. The molecule has 1 aliphatic heterocycles. The highest BCUT2D eigenvalue weighted by Crippen LogP contribution is 2.35. The van der Waals surface area contributed by atoms with Crippen LogP contribution in [0.3, 0.4) is 0 Å². The number of benzene rings is 2. The standard InChI is InChI=1S/C23H25N3O2/c1-3-19(17-10-5-4-6-11-17)23(27)26-14-8-13-20(26)22-24-21(25-28-22)18-12-7-9-16(2)15-18/h4-7,9-12,15,19-20H,3,8,13-14H2,1-2H3/t19-,20+/m1/s1. The van der Waals surface area contributed by atoms with Crippen LogP contribution in [0, 0.1) is 6.92 Å². The summed E-state index contributed by atoms with van der Waals surface area (Å²) in [6.07, 6.45) is 2.57. The number of carbonyl (C=O) groups is 1. The van der Waals surface area contributed by atoms with Crippen LogP contribution in [0.2, 0.25) is 0 Å². The van der Waals surface area contributed by atoms with Gasteiger partial charge in [-0.3, -0.25) is 4.79 Å². The molecular formula is C23H25N3O2. The Morgan fingerprint density at radius 1 is 1.21 bits per heavy atom. The van der Waals surface area contributed by atoms with Crippen molar-refractivity contribution in [3.63, 3.8) is 0 Å².